The van der Waals surface area contributed by atoms with Gasteiger partial charge in [-0.15, -0.1) is 0 Å². The van der Waals surface area contributed by atoms with E-state index in [1.54, 1.807) is 4.90 Å². The predicted octanol–water partition coefficient (Wildman–Crippen LogP) is 0.421. The van der Waals surface area contributed by atoms with Crippen molar-refractivity contribution in [2.24, 2.45) is 0 Å². The van der Waals surface area contributed by atoms with Gasteiger partial charge < -0.3 is 20.6 Å². The molecule has 1 aromatic carbocycles. The molecule has 2 saturated heterocycles. The predicted molar refractivity (Wildman–Crippen MR) is 85.8 cm³/mol. The summed E-state index contributed by atoms with van der Waals surface area (Å²) in [7, 11) is 0. The number of carbonyl (C=O) groups excluding carboxylic acids is 2. The van der Waals surface area contributed by atoms with Crippen LogP contribution in [0.4, 0.5) is 4.39 Å². The van der Waals surface area contributed by atoms with E-state index < -0.39 is 23.2 Å². The highest BCUT2D eigenvalue weighted by Crippen LogP contribution is 2.27. The SMILES string of the molecule is O=C(NCc1cc(F)cc(Cl)c1)[C@@]1(O)CCN(C2CCNC2)C1=O. The van der Waals surface area contributed by atoms with Gasteiger partial charge in [0.05, 0.1) is 0 Å². The molecule has 1 unspecified atom stereocenters. The minimum atomic E-state index is -2.06. The Labute approximate surface area is 144 Å². The van der Waals surface area contributed by atoms with Crippen molar-refractivity contribution in [3.63, 3.8) is 0 Å². The van der Waals surface area contributed by atoms with Crippen LogP contribution in [0.25, 0.3) is 0 Å². The summed E-state index contributed by atoms with van der Waals surface area (Å²) < 4.78 is 13.3. The minimum absolute atomic E-state index is 0.0151. The molecule has 2 atom stereocenters. The van der Waals surface area contributed by atoms with E-state index in [2.05, 4.69) is 10.6 Å². The van der Waals surface area contributed by atoms with E-state index in [-0.39, 0.29) is 24.0 Å². The fraction of sp³-hybridized carbons (Fsp3) is 0.500. The molecule has 3 rings (SSSR count). The maximum atomic E-state index is 13.3. The third-order valence-corrected chi connectivity index (χ3v) is 4.77. The van der Waals surface area contributed by atoms with Crippen LogP contribution in [0.5, 0.6) is 0 Å². The lowest BCUT2D eigenvalue weighted by molar-refractivity contribution is -0.155. The number of amides is 2. The Morgan fingerprint density at radius 2 is 2.29 bits per heavy atom. The topological polar surface area (TPSA) is 81.7 Å². The van der Waals surface area contributed by atoms with Gasteiger partial charge in [-0.05, 0) is 36.7 Å². The molecule has 2 aliphatic rings. The smallest absolute Gasteiger partial charge is 0.264 e. The van der Waals surface area contributed by atoms with Gasteiger partial charge in [0.15, 0.2) is 0 Å². The van der Waals surface area contributed by atoms with Crippen LogP contribution in [0.2, 0.25) is 5.02 Å². The lowest BCUT2D eigenvalue weighted by atomic mass is 10.0. The van der Waals surface area contributed by atoms with Crippen LogP contribution >= 0.6 is 11.6 Å². The van der Waals surface area contributed by atoms with E-state index in [9.17, 15) is 19.1 Å². The molecular formula is C16H19ClFN3O3. The molecule has 0 aromatic heterocycles. The first-order valence-corrected chi connectivity index (χ1v) is 8.25. The van der Waals surface area contributed by atoms with Gasteiger partial charge in [0.25, 0.3) is 11.8 Å². The molecule has 2 fully saturated rings. The quantitative estimate of drug-likeness (QED) is 0.684. The van der Waals surface area contributed by atoms with Gasteiger partial charge in [-0.2, -0.15) is 0 Å². The molecule has 0 aliphatic carbocycles. The number of hydrogen-bond donors (Lipinski definition) is 3. The Bertz CT molecular complexity index is 646. The number of likely N-dealkylation sites (tertiary alicyclic amines) is 1. The summed E-state index contributed by atoms with van der Waals surface area (Å²) in [4.78, 5) is 26.4. The van der Waals surface area contributed by atoms with E-state index in [1.165, 1.54) is 12.1 Å². The minimum Gasteiger partial charge on any atom is -0.372 e. The number of hydrogen-bond acceptors (Lipinski definition) is 4. The maximum Gasteiger partial charge on any atom is 0.264 e. The van der Waals surface area contributed by atoms with Crippen molar-refractivity contribution in [1.29, 1.82) is 0 Å². The summed E-state index contributed by atoms with van der Waals surface area (Å²) in [5.74, 6) is -1.84. The highest BCUT2D eigenvalue weighted by Gasteiger charge is 2.52. The molecule has 2 heterocycles. The summed E-state index contributed by atoms with van der Waals surface area (Å²) >= 11 is 5.77. The average molecular weight is 356 g/mol. The lowest BCUT2D eigenvalue weighted by Gasteiger charge is -2.25. The van der Waals surface area contributed by atoms with E-state index in [0.29, 0.717) is 18.7 Å². The van der Waals surface area contributed by atoms with Gasteiger partial charge in [0, 0.05) is 37.1 Å². The molecule has 0 saturated carbocycles. The Balaban J connectivity index is 1.64. The molecule has 2 aliphatic heterocycles. The molecule has 130 valence electrons. The van der Waals surface area contributed by atoms with E-state index in [1.807, 2.05) is 0 Å². The van der Waals surface area contributed by atoms with E-state index in [0.717, 1.165) is 19.0 Å². The van der Waals surface area contributed by atoms with Gasteiger partial charge in [0.2, 0.25) is 5.60 Å². The number of halogens is 2. The fourth-order valence-electron chi connectivity index (χ4n) is 3.23. The van der Waals surface area contributed by atoms with Crippen LogP contribution in [-0.2, 0) is 16.1 Å². The highest BCUT2D eigenvalue weighted by atomic mass is 35.5. The van der Waals surface area contributed by atoms with Gasteiger partial charge in [-0.1, -0.05) is 11.6 Å². The van der Waals surface area contributed by atoms with Crippen molar-refractivity contribution in [3.05, 3.63) is 34.6 Å². The molecule has 8 heteroatoms. The molecular weight excluding hydrogens is 337 g/mol. The summed E-state index contributed by atoms with van der Waals surface area (Å²) in [6, 6.07) is 3.93. The molecule has 0 bridgehead atoms. The zero-order valence-electron chi connectivity index (χ0n) is 13.0. The largest absolute Gasteiger partial charge is 0.372 e. The van der Waals surface area contributed by atoms with Crippen molar-refractivity contribution >= 4 is 23.4 Å². The Morgan fingerprint density at radius 3 is 2.96 bits per heavy atom. The molecule has 2 amide bonds. The third-order valence-electron chi connectivity index (χ3n) is 4.56. The van der Waals surface area contributed by atoms with Gasteiger partial charge >= 0.3 is 0 Å². The zero-order valence-corrected chi connectivity index (χ0v) is 13.8. The van der Waals surface area contributed by atoms with Gasteiger partial charge in [0.1, 0.15) is 5.82 Å². The summed E-state index contributed by atoms with van der Waals surface area (Å²) in [6.07, 6.45) is 0.864. The van der Waals surface area contributed by atoms with Crippen molar-refractivity contribution in [2.45, 2.75) is 31.0 Å². The highest BCUT2D eigenvalue weighted by molar-refractivity contribution is 6.30. The standard InChI is InChI=1S/C16H19ClFN3O3/c17-11-5-10(6-12(18)7-11)8-20-14(22)16(24)2-4-21(15(16)23)13-1-3-19-9-13/h5-7,13,19,24H,1-4,8-9H2,(H,20,22)/t13?,16-/m0/s1. The fourth-order valence-corrected chi connectivity index (χ4v) is 3.48. The monoisotopic (exact) mass is 355 g/mol. The van der Waals surface area contributed by atoms with Gasteiger partial charge in [-0.3, -0.25) is 9.59 Å². The summed E-state index contributed by atoms with van der Waals surface area (Å²) in [5, 5.41) is 16.4. The van der Waals surface area contributed by atoms with Crippen LogP contribution < -0.4 is 10.6 Å². The molecule has 1 aromatic rings. The average Bonchev–Trinajstić information content (AvgIpc) is 3.14. The van der Waals surface area contributed by atoms with Crippen molar-refractivity contribution in [3.8, 4) is 0 Å². The molecule has 24 heavy (non-hydrogen) atoms. The first-order chi connectivity index (χ1) is 11.4. The number of rotatable bonds is 4. The molecule has 6 nitrogen and oxygen atoms in total. The second kappa shape index (κ2) is 6.66. The Kier molecular flexibility index (Phi) is 4.76. The van der Waals surface area contributed by atoms with Gasteiger partial charge in [-0.25, -0.2) is 4.39 Å². The van der Waals surface area contributed by atoms with Crippen molar-refractivity contribution in [2.75, 3.05) is 19.6 Å². The first-order valence-electron chi connectivity index (χ1n) is 7.87. The van der Waals surface area contributed by atoms with Crippen LogP contribution in [0.3, 0.4) is 0 Å². The molecule has 0 spiro atoms. The van der Waals surface area contributed by atoms with Crippen molar-refractivity contribution < 1.29 is 19.1 Å². The van der Waals surface area contributed by atoms with Crippen LogP contribution in [0.1, 0.15) is 18.4 Å². The lowest BCUT2D eigenvalue weighted by Crippen LogP contribution is -2.53. The van der Waals surface area contributed by atoms with Crippen LogP contribution in [0.15, 0.2) is 18.2 Å². The first kappa shape index (κ1) is 17.1. The van der Waals surface area contributed by atoms with Crippen LogP contribution in [-0.4, -0.2) is 53.1 Å². The number of nitrogens with zero attached hydrogens (tertiary/aromatic N) is 1. The normalized spacial score (nSPS) is 26.9. The Morgan fingerprint density at radius 1 is 1.50 bits per heavy atom. The summed E-state index contributed by atoms with van der Waals surface area (Å²) in [6.45, 7) is 1.82. The third kappa shape index (κ3) is 3.24. The number of aliphatic hydroxyl groups is 1. The second-order valence-electron chi connectivity index (χ2n) is 6.22. The molecule has 3 N–H and O–H groups in total. The zero-order chi connectivity index (χ0) is 17.3. The van der Waals surface area contributed by atoms with Crippen molar-refractivity contribution in [1.82, 2.24) is 15.5 Å². The van der Waals surface area contributed by atoms with Crippen LogP contribution in [0, 0.1) is 5.82 Å². The summed E-state index contributed by atoms with van der Waals surface area (Å²) in [5.41, 5.74) is -1.60. The number of benzene rings is 1. The molecule has 0 radical (unpaired) electrons. The van der Waals surface area contributed by atoms with E-state index >= 15 is 0 Å². The maximum absolute atomic E-state index is 13.3. The van der Waals surface area contributed by atoms with E-state index in [4.69, 9.17) is 11.6 Å². The second-order valence-corrected chi connectivity index (χ2v) is 6.65. The number of nitrogens with one attached hydrogen (secondary N) is 2. The number of carbonyl (C=O) groups is 2. The Hall–Kier alpha value is -1.70.